The van der Waals surface area contributed by atoms with Crippen LogP contribution in [0.5, 0.6) is 23.0 Å². The molecule has 216 valence electrons. The van der Waals surface area contributed by atoms with Crippen molar-refractivity contribution in [3.05, 3.63) is 119 Å². The molecule has 0 atom stereocenters. The minimum Gasteiger partial charge on any atom is -0.426 e. The Kier molecular flexibility index (Phi) is 9.38. The largest absolute Gasteiger partial charge is 0.426 e. The smallest absolute Gasteiger partial charge is 0.349 e. The van der Waals surface area contributed by atoms with Crippen LogP contribution < -0.4 is 18.9 Å². The van der Waals surface area contributed by atoms with Gasteiger partial charge in [0, 0.05) is 13.8 Å². The maximum Gasteiger partial charge on any atom is 0.349 e. The summed E-state index contributed by atoms with van der Waals surface area (Å²) in [5, 5.41) is 0. The lowest BCUT2D eigenvalue weighted by Crippen LogP contribution is -2.18. The molecular formula is C32H22O11. The van der Waals surface area contributed by atoms with E-state index >= 15 is 0 Å². The van der Waals surface area contributed by atoms with Gasteiger partial charge in [-0.25, -0.2) is 19.2 Å². The lowest BCUT2D eigenvalue weighted by molar-refractivity contribution is -0.132. The molecule has 0 heterocycles. The van der Waals surface area contributed by atoms with Gasteiger partial charge in [-0.05, 0) is 48.5 Å². The van der Waals surface area contributed by atoms with Crippen molar-refractivity contribution in [2.75, 3.05) is 0 Å². The summed E-state index contributed by atoms with van der Waals surface area (Å²) in [6.07, 6.45) is 0. The molecule has 4 aromatic rings. The molecule has 4 aromatic carbocycles. The molecule has 11 heteroatoms. The molecule has 0 aromatic heterocycles. The lowest BCUT2D eigenvalue weighted by atomic mass is 10.1. The molecule has 0 saturated carbocycles. The van der Waals surface area contributed by atoms with Gasteiger partial charge < -0.3 is 23.7 Å². The van der Waals surface area contributed by atoms with E-state index in [1.54, 1.807) is 12.1 Å². The quantitative estimate of drug-likeness (QED) is 0.157. The van der Waals surface area contributed by atoms with E-state index in [1.165, 1.54) is 98.8 Å². The second-order valence-corrected chi connectivity index (χ2v) is 8.63. The zero-order valence-electron chi connectivity index (χ0n) is 22.7. The first-order chi connectivity index (χ1) is 20.6. The number of rotatable bonds is 8. The third-order valence-corrected chi connectivity index (χ3v) is 5.53. The molecule has 0 spiro atoms. The highest BCUT2D eigenvalue weighted by molar-refractivity contribution is 6.06. The normalized spacial score (nSPS) is 10.2. The van der Waals surface area contributed by atoms with Crippen LogP contribution in [-0.4, -0.2) is 35.8 Å². The number of para-hydroxylation sites is 4. The van der Waals surface area contributed by atoms with Crippen LogP contribution >= 0.6 is 0 Å². The molecule has 0 radical (unpaired) electrons. The summed E-state index contributed by atoms with van der Waals surface area (Å²) in [5.74, 6) is -6.05. The third-order valence-electron chi connectivity index (χ3n) is 5.53. The second-order valence-electron chi connectivity index (χ2n) is 8.63. The molecular weight excluding hydrogens is 560 g/mol. The van der Waals surface area contributed by atoms with Crippen molar-refractivity contribution in [2.24, 2.45) is 0 Å². The van der Waals surface area contributed by atoms with Gasteiger partial charge >= 0.3 is 35.8 Å². The van der Waals surface area contributed by atoms with Crippen LogP contribution in [0, 0.1) is 0 Å². The molecule has 0 fully saturated rings. The van der Waals surface area contributed by atoms with Crippen molar-refractivity contribution in [1.82, 2.24) is 0 Å². The molecule has 0 bridgehead atoms. The predicted molar refractivity (Wildman–Crippen MR) is 148 cm³/mol. The van der Waals surface area contributed by atoms with Gasteiger partial charge in [0.2, 0.25) is 0 Å². The number of hydrogen-bond acceptors (Lipinski definition) is 11. The van der Waals surface area contributed by atoms with Crippen molar-refractivity contribution in [2.45, 2.75) is 13.8 Å². The molecule has 0 aliphatic heterocycles. The van der Waals surface area contributed by atoms with Gasteiger partial charge in [-0.15, -0.1) is 0 Å². The number of carbonyl (C=O) groups excluding carboxylic acids is 6. The number of ether oxygens (including phenoxy) is 5. The monoisotopic (exact) mass is 582 g/mol. The van der Waals surface area contributed by atoms with Crippen molar-refractivity contribution in [3.8, 4) is 23.0 Å². The van der Waals surface area contributed by atoms with E-state index in [1.807, 2.05) is 0 Å². The van der Waals surface area contributed by atoms with E-state index < -0.39 is 35.8 Å². The average Bonchev–Trinajstić information content (AvgIpc) is 2.97. The molecule has 43 heavy (non-hydrogen) atoms. The SMILES string of the molecule is CC(=O)Oc1ccccc1C(=O)Oc1ccccc1C(=O)OC(=O)c1ccccc1OC(=O)c1ccccc1OC(C)=O. The predicted octanol–water partition coefficient (Wildman–Crippen LogP) is 4.97. The standard InChI is InChI=1S/C32H22O11/c1-19(33)39-25-15-7-3-11-21(25)29(35)41-27-17-9-5-13-23(27)31(37)43-32(38)24-14-6-10-18-28(24)42-30(36)22-12-4-8-16-26(22)40-20(2)34/h3-18H,1-2H3. The summed E-state index contributed by atoms with van der Waals surface area (Å²) in [7, 11) is 0. The summed E-state index contributed by atoms with van der Waals surface area (Å²) in [6, 6.07) is 22.8. The van der Waals surface area contributed by atoms with Gasteiger partial charge in [-0.1, -0.05) is 48.5 Å². The van der Waals surface area contributed by atoms with E-state index in [0.29, 0.717) is 0 Å². The minimum atomic E-state index is -1.16. The lowest BCUT2D eigenvalue weighted by Gasteiger charge is -2.12. The zero-order valence-corrected chi connectivity index (χ0v) is 22.7. The van der Waals surface area contributed by atoms with E-state index in [2.05, 4.69) is 0 Å². The van der Waals surface area contributed by atoms with E-state index in [9.17, 15) is 28.8 Å². The molecule has 0 amide bonds. The zero-order chi connectivity index (χ0) is 30.9. The van der Waals surface area contributed by atoms with Gasteiger partial charge in [0.15, 0.2) is 0 Å². The molecule has 0 N–H and O–H groups in total. The van der Waals surface area contributed by atoms with Crippen molar-refractivity contribution >= 4 is 35.8 Å². The van der Waals surface area contributed by atoms with Crippen LogP contribution in [0.1, 0.15) is 55.3 Å². The molecule has 0 saturated heterocycles. The van der Waals surface area contributed by atoms with E-state index in [0.717, 1.165) is 0 Å². The summed E-state index contributed by atoms with van der Waals surface area (Å²) >= 11 is 0. The second kappa shape index (κ2) is 13.5. The third kappa shape index (κ3) is 7.55. The van der Waals surface area contributed by atoms with Gasteiger partial charge in [0.1, 0.15) is 45.3 Å². The summed E-state index contributed by atoms with van der Waals surface area (Å²) in [6.45, 7) is 2.34. The van der Waals surface area contributed by atoms with Crippen molar-refractivity contribution < 1.29 is 52.5 Å². The van der Waals surface area contributed by atoms with Crippen LogP contribution in [0.3, 0.4) is 0 Å². The van der Waals surface area contributed by atoms with Crippen molar-refractivity contribution in [1.29, 1.82) is 0 Å². The van der Waals surface area contributed by atoms with Gasteiger partial charge in [-0.3, -0.25) is 9.59 Å². The maximum absolute atomic E-state index is 13.0. The summed E-state index contributed by atoms with van der Waals surface area (Å²) in [5.41, 5.74) is -0.691. The Balaban J connectivity index is 1.52. The first-order valence-electron chi connectivity index (χ1n) is 12.6. The Labute approximate surface area is 244 Å². The molecule has 0 aliphatic rings. The summed E-state index contributed by atoms with van der Waals surface area (Å²) < 4.78 is 25.9. The Bertz CT molecular complexity index is 1610. The molecule has 11 nitrogen and oxygen atoms in total. The molecule has 0 unspecified atom stereocenters. The van der Waals surface area contributed by atoms with Gasteiger partial charge in [-0.2, -0.15) is 0 Å². The minimum absolute atomic E-state index is 0.0446. The average molecular weight is 583 g/mol. The van der Waals surface area contributed by atoms with Gasteiger partial charge in [0.25, 0.3) is 0 Å². The maximum atomic E-state index is 13.0. The van der Waals surface area contributed by atoms with Crippen LogP contribution in [0.2, 0.25) is 0 Å². The van der Waals surface area contributed by atoms with Crippen LogP contribution in [-0.2, 0) is 14.3 Å². The highest BCUT2D eigenvalue weighted by Crippen LogP contribution is 2.27. The van der Waals surface area contributed by atoms with Gasteiger partial charge in [0.05, 0.1) is 0 Å². The fourth-order valence-electron chi connectivity index (χ4n) is 3.71. The summed E-state index contributed by atoms with van der Waals surface area (Å²) in [4.78, 5) is 74.6. The van der Waals surface area contributed by atoms with E-state index in [4.69, 9.17) is 23.7 Å². The van der Waals surface area contributed by atoms with E-state index in [-0.39, 0.29) is 45.3 Å². The topological polar surface area (TPSA) is 149 Å². The Hall–Kier alpha value is -6.10. The Morgan fingerprint density at radius 1 is 0.372 bits per heavy atom. The molecule has 0 aliphatic carbocycles. The van der Waals surface area contributed by atoms with Crippen molar-refractivity contribution in [3.63, 3.8) is 0 Å². The first-order valence-corrected chi connectivity index (χ1v) is 12.6. The fraction of sp³-hybridized carbons (Fsp3) is 0.0625. The number of benzene rings is 4. The Morgan fingerprint density at radius 3 is 0.930 bits per heavy atom. The molecule has 4 rings (SSSR count). The highest BCUT2D eigenvalue weighted by Gasteiger charge is 2.25. The number of hydrogen-bond donors (Lipinski definition) is 0. The highest BCUT2D eigenvalue weighted by atomic mass is 16.6. The van der Waals surface area contributed by atoms with Crippen LogP contribution in [0.15, 0.2) is 97.1 Å². The van der Waals surface area contributed by atoms with Crippen LogP contribution in [0.4, 0.5) is 0 Å². The van der Waals surface area contributed by atoms with Crippen LogP contribution in [0.25, 0.3) is 0 Å². The Morgan fingerprint density at radius 2 is 0.628 bits per heavy atom. The first kappa shape index (κ1) is 29.9. The number of carbonyl (C=O) groups is 6. The number of esters is 6. The fourth-order valence-corrected chi connectivity index (χ4v) is 3.71.